The minimum atomic E-state index is -2.97. The van der Waals surface area contributed by atoms with Crippen molar-refractivity contribution < 1.29 is 27.8 Å². The van der Waals surface area contributed by atoms with Crippen LogP contribution in [0.4, 0.5) is 14.5 Å². The van der Waals surface area contributed by atoms with E-state index in [1.165, 1.54) is 18.2 Å². The second-order valence-electron chi connectivity index (χ2n) is 6.37. The molecule has 2 aromatic carbocycles. The van der Waals surface area contributed by atoms with Gasteiger partial charge in [-0.1, -0.05) is 15.9 Å². The first-order valence-electron chi connectivity index (χ1n) is 9.13. The fourth-order valence-electron chi connectivity index (χ4n) is 2.85. The number of hydrogen-bond acceptors (Lipinski definition) is 4. The molecule has 2 amide bonds. The first-order chi connectivity index (χ1) is 14.4. The number of nitrogens with one attached hydrogen (secondary N) is 1. The smallest absolute Gasteiger partial charge is 0.387 e. The van der Waals surface area contributed by atoms with Crippen molar-refractivity contribution >= 4 is 39.5 Å². The first-order valence-corrected chi connectivity index (χ1v) is 9.92. The van der Waals surface area contributed by atoms with Gasteiger partial charge in [0.1, 0.15) is 5.75 Å². The third-order valence-electron chi connectivity index (χ3n) is 4.30. The summed E-state index contributed by atoms with van der Waals surface area (Å²) in [5, 5.41) is 2.66. The van der Waals surface area contributed by atoms with Gasteiger partial charge in [-0.2, -0.15) is 8.78 Å². The summed E-state index contributed by atoms with van der Waals surface area (Å²) >= 11 is 3.26. The van der Waals surface area contributed by atoms with Crippen LogP contribution in [0, 0.1) is 0 Å². The van der Waals surface area contributed by atoms with Crippen molar-refractivity contribution in [2.45, 2.75) is 6.61 Å². The number of alkyl halides is 2. The number of morpholine rings is 1. The summed E-state index contributed by atoms with van der Waals surface area (Å²) in [4.78, 5) is 26.3. The number of amides is 2. The number of ether oxygens (including phenoxy) is 2. The molecule has 0 atom stereocenters. The monoisotopic (exact) mass is 480 g/mol. The molecule has 1 fully saturated rings. The van der Waals surface area contributed by atoms with Gasteiger partial charge in [0.15, 0.2) is 0 Å². The number of benzene rings is 2. The molecule has 30 heavy (non-hydrogen) atoms. The molecular weight excluding hydrogens is 462 g/mol. The van der Waals surface area contributed by atoms with E-state index in [4.69, 9.17) is 4.74 Å². The lowest BCUT2D eigenvalue weighted by molar-refractivity contribution is -0.111. The van der Waals surface area contributed by atoms with Crippen molar-refractivity contribution in [3.8, 4) is 5.75 Å². The van der Waals surface area contributed by atoms with E-state index < -0.39 is 12.5 Å². The molecule has 0 unspecified atom stereocenters. The zero-order valence-corrected chi connectivity index (χ0v) is 17.4. The van der Waals surface area contributed by atoms with Gasteiger partial charge < -0.3 is 19.7 Å². The molecule has 1 heterocycles. The topological polar surface area (TPSA) is 67.9 Å². The summed E-state index contributed by atoms with van der Waals surface area (Å²) < 4.78 is 35.4. The number of anilines is 1. The minimum absolute atomic E-state index is 0.0387. The molecule has 158 valence electrons. The Morgan fingerprint density at radius 3 is 2.50 bits per heavy atom. The van der Waals surface area contributed by atoms with E-state index in [1.54, 1.807) is 41.3 Å². The van der Waals surface area contributed by atoms with Crippen molar-refractivity contribution in [3.63, 3.8) is 0 Å². The molecule has 3 rings (SSSR count). The van der Waals surface area contributed by atoms with Crippen LogP contribution < -0.4 is 10.1 Å². The standard InChI is InChI=1S/C21H19BrF2N2O4/c22-16-4-7-18(30-21(23)24)15(13-16)3-8-19(27)25-17-5-1-14(2-6-17)20(28)26-9-11-29-12-10-26/h1-8,13,21H,9-12H2,(H,25,27)/b8-3+. The molecule has 0 bridgehead atoms. The molecular formula is C21H19BrF2N2O4. The SMILES string of the molecule is O=C(/C=C/c1cc(Br)ccc1OC(F)F)Nc1ccc(C(=O)N2CCOCC2)cc1. The van der Waals surface area contributed by atoms with Gasteiger partial charge in [-0.25, -0.2) is 0 Å². The molecule has 1 N–H and O–H groups in total. The fraction of sp³-hybridized carbons (Fsp3) is 0.238. The van der Waals surface area contributed by atoms with Gasteiger partial charge in [-0.15, -0.1) is 0 Å². The summed E-state index contributed by atoms with van der Waals surface area (Å²) in [6.07, 6.45) is 2.60. The van der Waals surface area contributed by atoms with Crippen LogP contribution in [0.25, 0.3) is 6.08 Å². The Balaban J connectivity index is 1.62. The molecule has 0 radical (unpaired) electrons. The van der Waals surface area contributed by atoms with Gasteiger partial charge in [0.2, 0.25) is 5.91 Å². The number of hydrogen-bond donors (Lipinski definition) is 1. The van der Waals surface area contributed by atoms with E-state index in [0.29, 0.717) is 47.6 Å². The molecule has 0 aliphatic carbocycles. The largest absolute Gasteiger partial charge is 0.434 e. The normalized spacial score (nSPS) is 14.2. The molecule has 6 nitrogen and oxygen atoms in total. The Morgan fingerprint density at radius 1 is 1.13 bits per heavy atom. The van der Waals surface area contributed by atoms with E-state index in [2.05, 4.69) is 26.0 Å². The number of halogens is 3. The van der Waals surface area contributed by atoms with Crippen LogP contribution in [0.5, 0.6) is 5.75 Å². The average Bonchev–Trinajstić information content (AvgIpc) is 2.74. The van der Waals surface area contributed by atoms with Gasteiger partial charge in [0, 0.05) is 40.5 Å². The summed E-state index contributed by atoms with van der Waals surface area (Å²) in [5.74, 6) is -0.578. The molecule has 9 heteroatoms. The molecule has 0 aromatic heterocycles. The maximum absolute atomic E-state index is 12.5. The van der Waals surface area contributed by atoms with Crippen LogP contribution in [0.1, 0.15) is 15.9 Å². The Kier molecular flexibility index (Phi) is 7.53. The Hall–Kier alpha value is -2.78. The van der Waals surface area contributed by atoms with Gasteiger partial charge in [0.05, 0.1) is 13.2 Å². The zero-order chi connectivity index (χ0) is 21.5. The van der Waals surface area contributed by atoms with Gasteiger partial charge >= 0.3 is 6.61 Å². The van der Waals surface area contributed by atoms with Crippen molar-refractivity contribution in [2.24, 2.45) is 0 Å². The van der Waals surface area contributed by atoms with Crippen LogP contribution >= 0.6 is 15.9 Å². The average molecular weight is 481 g/mol. The maximum Gasteiger partial charge on any atom is 0.387 e. The maximum atomic E-state index is 12.5. The molecule has 1 aliphatic heterocycles. The van der Waals surface area contributed by atoms with Crippen LogP contribution in [0.15, 0.2) is 53.0 Å². The number of nitrogens with zero attached hydrogens (tertiary/aromatic N) is 1. The summed E-state index contributed by atoms with van der Waals surface area (Å²) in [6.45, 7) is -0.821. The van der Waals surface area contributed by atoms with Crippen molar-refractivity contribution in [1.29, 1.82) is 0 Å². The van der Waals surface area contributed by atoms with Gasteiger partial charge in [-0.05, 0) is 48.5 Å². The number of rotatable bonds is 6. The van der Waals surface area contributed by atoms with Crippen LogP contribution in [-0.4, -0.2) is 49.6 Å². The summed E-state index contributed by atoms with van der Waals surface area (Å²) in [7, 11) is 0. The quantitative estimate of drug-likeness (QED) is 0.629. The Labute approximate surface area is 180 Å². The number of carbonyl (C=O) groups is 2. The second kappa shape index (κ2) is 10.3. The minimum Gasteiger partial charge on any atom is -0.434 e. The predicted octanol–water partition coefficient (Wildman–Crippen LogP) is 4.17. The highest BCUT2D eigenvalue weighted by molar-refractivity contribution is 9.10. The Bertz CT molecular complexity index is 929. The molecule has 1 aliphatic rings. The summed E-state index contributed by atoms with van der Waals surface area (Å²) in [6, 6.07) is 11.0. The van der Waals surface area contributed by atoms with Gasteiger partial charge in [0.25, 0.3) is 5.91 Å². The highest BCUT2D eigenvalue weighted by Gasteiger charge is 2.18. The predicted molar refractivity (Wildman–Crippen MR) is 112 cm³/mol. The van der Waals surface area contributed by atoms with Crippen molar-refractivity contribution in [3.05, 3.63) is 64.1 Å². The lowest BCUT2D eigenvalue weighted by Crippen LogP contribution is -2.40. The van der Waals surface area contributed by atoms with Crippen LogP contribution in [-0.2, 0) is 9.53 Å². The van der Waals surface area contributed by atoms with E-state index in [1.807, 2.05) is 0 Å². The van der Waals surface area contributed by atoms with E-state index in [9.17, 15) is 18.4 Å². The Morgan fingerprint density at radius 2 is 1.83 bits per heavy atom. The fourth-order valence-corrected chi connectivity index (χ4v) is 3.23. The van der Waals surface area contributed by atoms with E-state index in [0.717, 1.165) is 0 Å². The molecule has 0 saturated carbocycles. The molecule has 0 spiro atoms. The van der Waals surface area contributed by atoms with Crippen molar-refractivity contribution in [2.75, 3.05) is 31.6 Å². The third kappa shape index (κ3) is 6.11. The number of carbonyl (C=O) groups excluding carboxylic acids is 2. The lowest BCUT2D eigenvalue weighted by Gasteiger charge is -2.26. The summed E-state index contributed by atoms with van der Waals surface area (Å²) in [5.41, 5.74) is 1.35. The highest BCUT2D eigenvalue weighted by atomic mass is 79.9. The lowest BCUT2D eigenvalue weighted by atomic mass is 10.1. The zero-order valence-electron chi connectivity index (χ0n) is 15.8. The molecule has 2 aromatic rings. The van der Waals surface area contributed by atoms with Crippen molar-refractivity contribution in [1.82, 2.24) is 4.90 Å². The molecule has 1 saturated heterocycles. The third-order valence-corrected chi connectivity index (χ3v) is 4.79. The van der Waals surface area contributed by atoms with Crippen LogP contribution in [0.2, 0.25) is 0 Å². The van der Waals surface area contributed by atoms with Gasteiger partial charge in [-0.3, -0.25) is 9.59 Å². The van der Waals surface area contributed by atoms with E-state index in [-0.39, 0.29) is 11.7 Å². The van der Waals surface area contributed by atoms with E-state index >= 15 is 0 Å². The van der Waals surface area contributed by atoms with Crippen LogP contribution in [0.3, 0.4) is 0 Å². The first kappa shape index (κ1) is 21.9. The second-order valence-corrected chi connectivity index (χ2v) is 7.28. The highest BCUT2D eigenvalue weighted by Crippen LogP contribution is 2.26.